The molecule has 6 rings (SSSR count). The maximum Gasteiger partial charge on any atom is 0.417 e. The number of fused-ring (bicyclic) bond motifs is 4. The number of nitrogen functional groups attached to an aromatic ring is 1. The van der Waals surface area contributed by atoms with Gasteiger partial charge in [0, 0.05) is 25.5 Å². The molecule has 0 bridgehead atoms. The normalized spacial score (nSPS) is 12.2. The van der Waals surface area contributed by atoms with E-state index in [1.807, 2.05) is 0 Å². The van der Waals surface area contributed by atoms with Crippen LogP contribution in [0.1, 0.15) is 27.4 Å². The number of alkyl halides is 3. The molecular weight excluding hydrogens is 537 g/mol. The first-order valence-corrected chi connectivity index (χ1v) is 11.7. The molecule has 2 N–H and O–H groups in total. The topological polar surface area (TPSA) is 112 Å². The number of benzene rings is 1. The highest BCUT2D eigenvalue weighted by Crippen LogP contribution is 2.30. The SMILES string of the molecule is Cc1ncc2c(N)nc3cc(F)c(C(=O)N(Cc4cn5cc(C(F)(F)F)ccc5n4)c4c(F)cnn4C)cc3n12. The molecule has 0 aliphatic rings. The lowest BCUT2D eigenvalue weighted by Gasteiger charge is -2.22. The van der Waals surface area contributed by atoms with Crippen molar-refractivity contribution in [2.75, 3.05) is 10.6 Å². The number of pyridine rings is 1. The number of halogens is 5. The van der Waals surface area contributed by atoms with E-state index in [1.165, 1.54) is 31.6 Å². The molecule has 1 aromatic carbocycles. The van der Waals surface area contributed by atoms with Crippen LogP contribution in [0, 0.1) is 18.6 Å². The van der Waals surface area contributed by atoms with E-state index >= 15 is 4.39 Å². The number of hydrogen-bond donors (Lipinski definition) is 1. The van der Waals surface area contributed by atoms with Crippen LogP contribution < -0.4 is 10.6 Å². The zero-order valence-electron chi connectivity index (χ0n) is 20.8. The molecule has 204 valence electrons. The van der Waals surface area contributed by atoms with Gasteiger partial charge in [-0.3, -0.25) is 14.1 Å². The van der Waals surface area contributed by atoms with E-state index in [0.717, 1.165) is 38.5 Å². The average Bonchev–Trinajstić information content (AvgIpc) is 3.57. The van der Waals surface area contributed by atoms with Crippen LogP contribution in [0.3, 0.4) is 0 Å². The predicted octanol–water partition coefficient (Wildman–Crippen LogP) is 4.30. The van der Waals surface area contributed by atoms with Crippen LogP contribution in [0.5, 0.6) is 0 Å². The van der Waals surface area contributed by atoms with Gasteiger partial charge >= 0.3 is 6.18 Å². The highest BCUT2D eigenvalue weighted by Gasteiger charge is 2.32. The quantitative estimate of drug-likeness (QED) is 0.325. The minimum absolute atomic E-state index is 0.116. The number of aromatic nitrogens is 7. The molecule has 0 spiro atoms. The fourth-order valence-electron chi connectivity index (χ4n) is 4.65. The molecule has 0 aliphatic carbocycles. The van der Waals surface area contributed by atoms with Gasteiger partial charge in [-0.2, -0.15) is 18.3 Å². The third-order valence-corrected chi connectivity index (χ3v) is 6.49. The Bertz CT molecular complexity index is 1950. The minimum Gasteiger partial charge on any atom is -0.382 e. The third kappa shape index (κ3) is 3.97. The Morgan fingerprint density at radius 3 is 2.52 bits per heavy atom. The van der Waals surface area contributed by atoms with E-state index in [9.17, 15) is 22.4 Å². The number of carbonyl (C=O) groups is 1. The molecule has 0 fully saturated rings. The van der Waals surface area contributed by atoms with Gasteiger partial charge in [-0.05, 0) is 25.1 Å². The van der Waals surface area contributed by atoms with Crippen molar-refractivity contribution in [1.82, 2.24) is 33.5 Å². The van der Waals surface area contributed by atoms with Gasteiger partial charge in [0.05, 0.1) is 46.8 Å². The van der Waals surface area contributed by atoms with Crippen LogP contribution in [0.25, 0.3) is 22.2 Å². The van der Waals surface area contributed by atoms with Gasteiger partial charge in [0.25, 0.3) is 5.91 Å². The lowest BCUT2D eigenvalue weighted by molar-refractivity contribution is -0.137. The fourth-order valence-corrected chi connectivity index (χ4v) is 4.65. The Hall–Kier alpha value is -5.08. The fraction of sp³-hybridized carbons (Fsp3) is 0.160. The molecular formula is C25H18F5N9O. The van der Waals surface area contributed by atoms with Crippen LogP contribution in [-0.2, 0) is 19.8 Å². The Kier molecular flexibility index (Phi) is 5.50. The summed E-state index contributed by atoms with van der Waals surface area (Å²) < 4.78 is 73.7. The Morgan fingerprint density at radius 2 is 1.82 bits per heavy atom. The van der Waals surface area contributed by atoms with Crippen LogP contribution >= 0.6 is 0 Å². The number of hydrogen-bond acceptors (Lipinski definition) is 6. The van der Waals surface area contributed by atoms with Gasteiger partial charge in [0.2, 0.25) is 0 Å². The van der Waals surface area contributed by atoms with Gasteiger partial charge < -0.3 is 10.1 Å². The van der Waals surface area contributed by atoms with E-state index in [2.05, 4.69) is 20.1 Å². The number of nitrogens with two attached hydrogens (primary N) is 1. The molecule has 5 aromatic heterocycles. The van der Waals surface area contributed by atoms with E-state index in [-0.39, 0.29) is 28.5 Å². The highest BCUT2D eigenvalue weighted by atomic mass is 19.4. The van der Waals surface area contributed by atoms with Crippen LogP contribution in [0.2, 0.25) is 0 Å². The standard InChI is InChI=1S/C25H18F5N9O/c1-12-32-8-20-22(31)35-18-6-16(26)15(5-19(18)39(12)20)24(40)38(23-17(27)7-33-36(23)2)11-14-10-37-9-13(25(28,29)30)3-4-21(37)34-14/h3-10H,11H2,1-2H3,(H2,31,35). The summed E-state index contributed by atoms with van der Waals surface area (Å²) in [5, 5.41) is 3.83. The Labute approximate surface area is 221 Å². The molecule has 0 saturated heterocycles. The zero-order valence-corrected chi connectivity index (χ0v) is 20.8. The second-order valence-electron chi connectivity index (χ2n) is 9.09. The molecule has 0 saturated carbocycles. The van der Waals surface area contributed by atoms with Gasteiger partial charge in [-0.1, -0.05) is 0 Å². The molecule has 10 nitrogen and oxygen atoms in total. The number of carbonyl (C=O) groups excluding carboxylic acids is 1. The summed E-state index contributed by atoms with van der Waals surface area (Å²) in [6, 6.07) is 4.35. The molecule has 6 aromatic rings. The summed E-state index contributed by atoms with van der Waals surface area (Å²) in [4.78, 5) is 27.5. The van der Waals surface area contributed by atoms with Gasteiger partial charge in [0.15, 0.2) is 11.6 Å². The lowest BCUT2D eigenvalue weighted by Crippen LogP contribution is -2.33. The zero-order chi connectivity index (χ0) is 28.5. The van der Waals surface area contributed by atoms with E-state index < -0.39 is 41.4 Å². The van der Waals surface area contributed by atoms with Crippen LogP contribution in [-0.4, -0.2) is 39.4 Å². The van der Waals surface area contributed by atoms with E-state index in [0.29, 0.717) is 16.9 Å². The number of imidazole rings is 2. The van der Waals surface area contributed by atoms with Crippen molar-refractivity contribution >= 4 is 39.7 Å². The number of rotatable bonds is 4. The molecule has 15 heteroatoms. The largest absolute Gasteiger partial charge is 0.417 e. The van der Waals surface area contributed by atoms with Crippen molar-refractivity contribution in [3.8, 4) is 0 Å². The number of anilines is 2. The van der Waals surface area contributed by atoms with Crippen molar-refractivity contribution in [2.24, 2.45) is 7.05 Å². The van der Waals surface area contributed by atoms with Crippen molar-refractivity contribution in [3.05, 3.63) is 83.3 Å². The number of nitrogens with zero attached hydrogens (tertiary/aromatic N) is 8. The Balaban J connectivity index is 1.48. The molecule has 5 heterocycles. The average molecular weight is 555 g/mol. The molecule has 40 heavy (non-hydrogen) atoms. The Morgan fingerprint density at radius 1 is 1.05 bits per heavy atom. The first kappa shape index (κ1) is 25.2. The van der Waals surface area contributed by atoms with E-state index in [1.54, 1.807) is 11.3 Å². The molecule has 0 unspecified atom stereocenters. The van der Waals surface area contributed by atoms with Gasteiger partial charge in [0.1, 0.15) is 28.6 Å². The van der Waals surface area contributed by atoms with Gasteiger partial charge in [-0.25, -0.2) is 28.4 Å². The number of aryl methyl sites for hydroxylation is 2. The monoisotopic (exact) mass is 555 g/mol. The molecule has 1 amide bonds. The van der Waals surface area contributed by atoms with E-state index in [4.69, 9.17) is 5.73 Å². The second-order valence-corrected chi connectivity index (χ2v) is 9.09. The van der Waals surface area contributed by atoms with Crippen LogP contribution in [0.4, 0.5) is 33.6 Å². The molecule has 0 radical (unpaired) electrons. The predicted molar refractivity (Wildman–Crippen MR) is 133 cm³/mol. The second kappa shape index (κ2) is 8.72. The third-order valence-electron chi connectivity index (χ3n) is 6.49. The van der Waals surface area contributed by atoms with Crippen LogP contribution in [0.15, 0.2) is 49.1 Å². The molecule has 0 atom stereocenters. The highest BCUT2D eigenvalue weighted by molar-refractivity contribution is 6.07. The maximum absolute atomic E-state index is 15.4. The summed E-state index contributed by atoms with van der Waals surface area (Å²) in [5.74, 6) is -2.43. The van der Waals surface area contributed by atoms with Gasteiger partial charge in [-0.15, -0.1) is 0 Å². The summed E-state index contributed by atoms with van der Waals surface area (Å²) >= 11 is 0. The summed E-state index contributed by atoms with van der Waals surface area (Å²) in [6.07, 6.45) is -0.0712. The van der Waals surface area contributed by atoms with Crippen molar-refractivity contribution in [1.29, 1.82) is 0 Å². The first-order chi connectivity index (χ1) is 18.9. The molecule has 0 aliphatic heterocycles. The number of amides is 1. The van der Waals surface area contributed by atoms with Crippen molar-refractivity contribution in [2.45, 2.75) is 19.6 Å². The smallest absolute Gasteiger partial charge is 0.382 e. The minimum atomic E-state index is -4.58. The summed E-state index contributed by atoms with van der Waals surface area (Å²) in [7, 11) is 1.39. The van der Waals surface area contributed by atoms with Crippen molar-refractivity contribution < 1.29 is 26.7 Å². The summed E-state index contributed by atoms with van der Waals surface area (Å²) in [6.45, 7) is 1.29. The van der Waals surface area contributed by atoms with Crippen molar-refractivity contribution in [3.63, 3.8) is 0 Å². The first-order valence-electron chi connectivity index (χ1n) is 11.7. The lowest BCUT2D eigenvalue weighted by atomic mass is 10.1. The summed E-state index contributed by atoms with van der Waals surface area (Å²) in [5.41, 5.74) is 5.91. The maximum atomic E-state index is 15.4.